The Bertz CT molecular complexity index is 434. The van der Waals surface area contributed by atoms with Crippen molar-refractivity contribution < 1.29 is 14.7 Å². The highest BCUT2D eigenvalue weighted by molar-refractivity contribution is 6.50. The van der Waals surface area contributed by atoms with Crippen LogP contribution in [0.4, 0.5) is 0 Å². The molecule has 4 heteroatoms. The number of hydrogen-bond acceptors (Lipinski definition) is 4. The lowest BCUT2D eigenvalue weighted by Crippen LogP contribution is -2.19. The molecule has 1 heterocycles. The number of aliphatic hydroxyl groups is 1. The van der Waals surface area contributed by atoms with Crippen LogP contribution in [0.15, 0.2) is 24.4 Å². The Morgan fingerprint density at radius 1 is 1.31 bits per heavy atom. The van der Waals surface area contributed by atoms with Crippen molar-refractivity contribution in [2.24, 2.45) is 0 Å². The first-order valence-electron chi connectivity index (χ1n) is 3.65. The van der Waals surface area contributed by atoms with E-state index in [0.29, 0.717) is 0 Å². The van der Waals surface area contributed by atoms with Crippen LogP contribution in [0.25, 0.3) is 5.76 Å². The average Bonchev–Trinajstić information content (AvgIpc) is 2.15. The summed E-state index contributed by atoms with van der Waals surface area (Å²) in [6.07, 6.45) is 2.34. The normalized spacial score (nSPS) is 15.2. The van der Waals surface area contributed by atoms with E-state index in [4.69, 9.17) is 0 Å². The first-order chi connectivity index (χ1) is 6.20. The Labute approximate surface area is 73.5 Å². The molecule has 2 rings (SSSR count). The van der Waals surface area contributed by atoms with Crippen LogP contribution in [0.2, 0.25) is 0 Å². The van der Waals surface area contributed by atoms with Crippen molar-refractivity contribution in [3.8, 4) is 0 Å². The van der Waals surface area contributed by atoms with Gasteiger partial charge < -0.3 is 5.11 Å². The van der Waals surface area contributed by atoms with E-state index < -0.39 is 11.6 Å². The van der Waals surface area contributed by atoms with Crippen LogP contribution in [0.5, 0.6) is 0 Å². The maximum atomic E-state index is 11.2. The largest absolute Gasteiger partial charge is 0.506 e. The number of aromatic nitrogens is 1. The molecule has 0 aliphatic heterocycles. The molecular formula is C9H5NO3. The lowest BCUT2D eigenvalue weighted by Gasteiger charge is -2.09. The van der Waals surface area contributed by atoms with Gasteiger partial charge >= 0.3 is 0 Å². The molecule has 1 N–H and O–H groups in total. The molecule has 0 amide bonds. The molecule has 0 radical (unpaired) electrons. The fourth-order valence-corrected chi connectivity index (χ4v) is 1.18. The van der Waals surface area contributed by atoms with Gasteiger partial charge in [0.15, 0.2) is 0 Å². The third kappa shape index (κ3) is 1.03. The predicted octanol–water partition coefficient (Wildman–Crippen LogP) is 0.746. The van der Waals surface area contributed by atoms with Crippen molar-refractivity contribution in [1.29, 1.82) is 0 Å². The van der Waals surface area contributed by atoms with Gasteiger partial charge in [-0.15, -0.1) is 0 Å². The summed E-state index contributed by atoms with van der Waals surface area (Å²) in [5.74, 6) is -1.58. The number of pyridine rings is 1. The third-order valence-corrected chi connectivity index (χ3v) is 1.79. The Balaban J connectivity index is 2.72. The van der Waals surface area contributed by atoms with Crippen LogP contribution in [0.1, 0.15) is 16.1 Å². The number of nitrogens with zero attached hydrogens (tertiary/aromatic N) is 1. The van der Waals surface area contributed by atoms with Crippen LogP contribution in [-0.4, -0.2) is 21.7 Å². The molecule has 0 atom stereocenters. The zero-order valence-corrected chi connectivity index (χ0v) is 6.52. The van der Waals surface area contributed by atoms with Gasteiger partial charge in [0.1, 0.15) is 11.5 Å². The minimum atomic E-state index is -0.710. The number of fused-ring (bicyclic) bond motifs is 1. The number of carbonyl (C=O) groups is 2. The van der Waals surface area contributed by atoms with Gasteiger partial charge in [-0.05, 0) is 12.1 Å². The smallest absolute Gasteiger partial charge is 0.235 e. The van der Waals surface area contributed by atoms with E-state index >= 15 is 0 Å². The molecule has 0 fully saturated rings. The number of hydrogen-bond donors (Lipinski definition) is 1. The van der Waals surface area contributed by atoms with E-state index in [0.717, 1.165) is 6.08 Å². The van der Waals surface area contributed by atoms with E-state index in [1.807, 2.05) is 0 Å². The van der Waals surface area contributed by atoms with E-state index in [-0.39, 0.29) is 17.0 Å². The number of aliphatic hydroxyl groups excluding tert-OH is 1. The zero-order chi connectivity index (χ0) is 9.42. The molecule has 1 aliphatic carbocycles. The number of allylic oxidation sites excluding steroid dienone is 1. The van der Waals surface area contributed by atoms with Crippen molar-refractivity contribution >= 4 is 17.3 Å². The van der Waals surface area contributed by atoms with Crippen molar-refractivity contribution in [2.45, 2.75) is 0 Å². The van der Waals surface area contributed by atoms with Crippen molar-refractivity contribution in [3.63, 3.8) is 0 Å². The fourth-order valence-electron chi connectivity index (χ4n) is 1.18. The lowest BCUT2D eigenvalue weighted by molar-refractivity contribution is -0.111. The lowest BCUT2D eigenvalue weighted by atomic mass is 9.99. The first-order valence-corrected chi connectivity index (χ1v) is 3.65. The van der Waals surface area contributed by atoms with E-state index in [1.54, 1.807) is 6.07 Å². The van der Waals surface area contributed by atoms with Gasteiger partial charge in [-0.1, -0.05) is 0 Å². The summed E-state index contributed by atoms with van der Waals surface area (Å²) in [5, 5.41) is 9.28. The van der Waals surface area contributed by atoms with Gasteiger partial charge in [-0.2, -0.15) is 0 Å². The first kappa shape index (κ1) is 7.67. The second-order valence-electron chi connectivity index (χ2n) is 2.62. The third-order valence-electron chi connectivity index (χ3n) is 1.79. The molecule has 1 aromatic rings. The zero-order valence-electron chi connectivity index (χ0n) is 6.52. The van der Waals surface area contributed by atoms with Gasteiger partial charge in [0.05, 0.1) is 5.56 Å². The molecular weight excluding hydrogens is 170 g/mol. The van der Waals surface area contributed by atoms with Crippen LogP contribution < -0.4 is 0 Å². The minimum Gasteiger partial charge on any atom is -0.506 e. The second-order valence-corrected chi connectivity index (χ2v) is 2.62. The van der Waals surface area contributed by atoms with Gasteiger partial charge in [-0.3, -0.25) is 14.6 Å². The highest BCUT2D eigenvalue weighted by Gasteiger charge is 2.25. The van der Waals surface area contributed by atoms with Crippen molar-refractivity contribution in [3.05, 3.63) is 35.7 Å². The molecule has 1 aliphatic rings. The van der Waals surface area contributed by atoms with Gasteiger partial charge in [-0.25, -0.2) is 0 Å². The van der Waals surface area contributed by atoms with Gasteiger partial charge in [0, 0.05) is 12.3 Å². The van der Waals surface area contributed by atoms with E-state index in [2.05, 4.69) is 4.98 Å². The van der Waals surface area contributed by atoms with Crippen molar-refractivity contribution in [2.75, 3.05) is 0 Å². The summed E-state index contributed by atoms with van der Waals surface area (Å²) < 4.78 is 0. The molecule has 0 spiro atoms. The molecule has 1 aromatic heterocycles. The quantitative estimate of drug-likeness (QED) is 0.590. The monoisotopic (exact) mass is 175 g/mol. The molecule has 0 saturated heterocycles. The topological polar surface area (TPSA) is 67.3 Å². The molecule has 0 unspecified atom stereocenters. The Hall–Kier alpha value is -1.97. The summed E-state index contributed by atoms with van der Waals surface area (Å²) in [6, 6.07) is 3.01. The second kappa shape index (κ2) is 2.52. The van der Waals surface area contributed by atoms with Crippen LogP contribution in [0.3, 0.4) is 0 Å². The van der Waals surface area contributed by atoms with Crippen LogP contribution >= 0.6 is 0 Å². The highest BCUT2D eigenvalue weighted by Crippen LogP contribution is 2.19. The Morgan fingerprint density at radius 2 is 2.08 bits per heavy atom. The molecule has 64 valence electrons. The van der Waals surface area contributed by atoms with E-state index in [9.17, 15) is 14.7 Å². The van der Waals surface area contributed by atoms with Gasteiger partial charge in [0.2, 0.25) is 11.6 Å². The summed E-state index contributed by atoms with van der Waals surface area (Å²) in [7, 11) is 0. The SMILES string of the molecule is O=C1C=C(O)c2ncccc2C1=O. The maximum absolute atomic E-state index is 11.2. The Kier molecular flexibility index (Phi) is 1.48. The summed E-state index contributed by atoms with van der Waals surface area (Å²) >= 11 is 0. The van der Waals surface area contributed by atoms with Crippen LogP contribution in [-0.2, 0) is 4.79 Å². The number of ketones is 2. The van der Waals surface area contributed by atoms with Gasteiger partial charge in [0.25, 0.3) is 0 Å². The summed E-state index contributed by atoms with van der Waals surface area (Å²) in [4.78, 5) is 26.0. The molecule has 13 heavy (non-hydrogen) atoms. The predicted molar refractivity (Wildman–Crippen MR) is 44.2 cm³/mol. The minimum absolute atomic E-state index is 0.160. The Morgan fingerprint density at radius 3 is 2.85 bits per heavy atom. The summed E-state index contributed by atoms with van der Waals surface area (Å²) in [5.41, 5.74) is 0.333. The average molecular weight is 175 g/mol. The molecule has 0 aromatic carbocycles. The van der Waals surface area contributed by atoms with E-state index in [1.165, 1.54) is 12.3 Å². The summed E-state index contributed by atoms with van der Waals surface area (Å²) in [6.45, 7) is 0. The number of rotatable bonds is 0. The molecule has 0 bridgehead atoms. The molecule has 0 saturated carbocycles. The van der Waals surface area contributed by atoms with Crippen LogP contribution in [0, 0.1) is 0 Å². The number of Topliss-reactive ketones (excluding diaryl/α,β-unsaturated/α-hetero) is 1. The standard InChI is InChI=1S/C9H5NO3/c11-6-4-7(12)9(13)5-2-1-3-10-8(5)6/h1-4,11H. The highest BCUT2D eigenvalue weighted by atomic mass is 16.3. The number of carbonyl (C=O) groups excluding carboxylic acids is 2. The fraction of sp³-hybridized carbons (Fsp3) is 0. The molecule has 4 nitrogen and oxygen atoms in total. The maximum Gasteiger partial charge on any atom is 0.235 e. The van der Waals surface area contributed by atoms with Crippen molar-refractivity contribution in [1.82, 2.24) is 4.98 Å².